The molecule has 0 heterocycles. The van der Waals surface area contributed by atoms with E-state index in [0.717, 1.165) is 0 Å². The lowest BCUT2D eigenvalue weighted by Crippen LogP contribution is -2.30. The molecule has 1 aromatic rings. The van der Waals surface area contributed by atoms with E-state index < -0.39 is 5.91 Å². The molecule has 7 nitrogen and oxygen atoms in total. The summed E-state index contributed by atoms with van der Waals surface area (Å²) in [5.74, 6) is -0.215. The minimum absolute atomic E-state index is 0.0709. The molecule has 0 fully saturated rings. The zero-order chi connectivity index (χ0) is 16.7. The van der Waals surface area contributed by atoms with Gasteiger partial charge in [-0.15, -0.1) is 0 Å². The van der Waals surface area contributed by atoms with Crippen LogP contribution in [0.4, 0.5) is 5.69 Å². The van der Waals surface area contributed by atoms with Crippen molar-refractivity contribution in [2.75, 3.05) is 26.5 Å². The van der Waals surface area contributed by atoms with Crippen LogP contribution in [-0.4, -0.2) is 38.2 Å². The second-order valence-corrected chi connectivity index (χ2v) is 4.68. The van der Waals surface area contributed by atoms with Gasteiger partial charge in [0.1, 0.15) is 22.8 Å². The third-order valence-electron chi connectivity index (χ3n) is 3.04. The Kier molecular flexibility index (Phi) is 6.37. The molecule has 0 spiro atoms. The van der Waals surface area contributed by atoms with Crippen LogP contribution in [0.5, 0.6) is 11.5 Å². The first-order chi connectivity index (χ1) is 10.4. The molecule has 120 valence electrons. The Labute approximate surface area is 128 Å². The van der Waals surface area contributed by atoms with Gasteiger partial charge in [0, 0.05) is 12.8 Å². The van der Waals surface area contributed by atoms with Gasteiger partial charge in [0.05, 0.1) is 26.5 Å². The molecule has 0 aliphatic heterocycles. The molecular formula is C15H20N2O5. The van der Waals surface area contributed by atoms with Gasteiger partial charge in [0.25, 0.3) is 5.91 Å². The minimum atomic E-state index is -0.538. The third-order valence-corrected chi connectivity index (χ3v) is 3.04. The molecular weight excluding hydrogens is 288 g/mol. The molecule has 0 aliphatic rings. The number of hydrogen-bond donors (Lipinski definition) is 2. The first-order valence-corrected chi connectivity index (χ1v) is 6.70. The summed E-state index contributed by atoms with van der Waals surface area (Å²) in [6.45, 7) is 1.24. The Morgan fingerprint density at radius 2 is 1.68 bits per heavy atom. The van der Waals surface area contributed by atoms with Crippen molar-refractivity contribution in [3.63, 3.8) is 0 Å². The van der Waals surface area contributed by atoms with E-state index in [0.29, 0.717) is 5.75 Å². The summed E-state index contributed by atoms with van der Waals surface area (Å²) < 4.78 is 10.2. The molecule has 1 amide bonds. The van der Waals surface area contributed by atoms with E-state index in [-0.39, 0.29) is 48.0 Å². The highest BCUT2D eigenvalue weighted by atomic mass is 16.5. The van der Waals surface area contributed by atoms with Gasteiger partial charge in [-0.05, 0) is 19.1 Å². The smallest absolute Gasteiger partial charge is 0.257 e. The summed E-state index contributed by atoms with van der Waals surface area (Å²) >= 11 is 0. The van der Waals surface area contributed by atoms with E-state index >= 15 is 0 Å². The molecule has 1 aromatic carbocycles. The fraction of sp³-hybridized carbons (Fsp3) is 0.400. The van der Waals surface area contributed by atoms with Gasteiger partial charge in [-0.2, -0.15) is 0 Å². The lowest BCUT2D eigenvalue weighted by atomic mass is 10.1. The maximum absolute atomic E-state index is 12.2. The van der Waals surface area contributed by atoms with Gasteiger partial charge in [-0.1, -0.05) is 0 Å². The molecule has 0 atom stereocenters. The number of carbonyl (C=O) groups excluding carboxylic acids is 3. The molecule has 0 aromatic heterocycles. The number of ketones is 2. The SMILES string of the molecule is COc1ccc(OC)c(C(=O)NCC(=O)CCC(C)=O)c1N. The van der Waals surface area contributed by atoms with Crippen LogP contribution in [0.2, 0.25) is 0 Å². The number of methoxy groups -OCH3 is 2. The van der Waals surface area contributed by atoms with Crippen molar-refractivity contribution in [2.24, 2.45) is 0 Å². The quantitative estimate of drug-likeness (QED) is 0.692. The fourth-order valence-electron chi connectivity index (χ4n) is 1.83. The molecule has 0 radical (unpaired) electrons. The van der Waals surface area contributed by atoms with E-state index in [1.165, 1.54) is 21.1 Å². The Balaban J connectivity index is 2.81. The zero-order valence-corrected chi connectivity index (χ0v) is 12.9. The van der Waals surface area contributed by atoms with Crippen molar-refractivity contribution >= 4 is 23.2 Å². The van der Waals surface area contributed by atoms with Crippen molar-refractivity contribution in [1.29, 1.82) is 0 Å². The highest BCUT2D eigenvalue weighted by Gasteiger charge is 2.19. The van der Waals surface area contributed by atoms with Crippen LogP contribution in [0.25, 0.3) is 0 Å². The predicted molar refractivity (Wildman–Crippen MR) is 81.2 cm³/mol. The number of rotatable bonds is 8. The van der Waals surface area contributed by atoms with E-state index in [1.807, 2.05) is 0 Å². The second kappa shape index (κ2) is 8.02. The van der Waals surface area contributed by atoms with Crippen LogP contribution in [0.3, 0.4) is 0 Å². The summed E-state index contributed by atoms with van der Waals surface area (Å²) in [7, 11) is 2.85. The van der Waals surface area contributed by atoms with Crippen molar-refractivity contribution in [3.05, 3.63) is 17.7 Å². The van der Waals surface area contributed by atoms with E-state index in [2.05, 4.69) is 5.32 Å². The van der Waals surface area contributed by atoms with Crippen LogP contribution in [-0.2, 0) is 9.59 Å². The number of hydrogen-bond acceptors (Lipinski definition) is 6. The molecule has 0 bridgehead atoms. The van der Waals surface area contributed by atoms with Gasteiger partial charge in [0.15, 0.2) is 5.78 Å². The predicted octanol–water partition coefficient (Wildman–Crippen LogP) is 0.954. The summed E-state index contributed by atoms with van der Waals surface area (Å²) in [4.78, 5) is 34.6. The zero-order valence-electron chi connectivity index (χ0n) is 12.9. The molecule has 7 heteroatoms. The molecule has 0 saturated carbocycles. The number of ether oxygens (including phenoxy) is 2. The van der Waals surface area contributed by atoms with Gasteiger partial charge in [-0.3, -0.25) is 9.59 Å². The van der Waals surface area contributed by atoms with Crippen LogP contribution in [0.1, 0.15) is 30.1 Å². The number of nitrogens with two attached hydrogens (primary N) is 1. The standard InChI is InChI=1S/C15H20N2O5/c1-9(18)4-5-10(19)8-17-15(20)13-11(21-2)6-7-12(22-3)14(13)16/h6-7H,4-5,8,16H2,1-3H3,(H,17,20). The van der Waals surface area contributed by atoms with Crippen molar-refractivity contribution in [1.82, 2.24) is 5.32 Å². The average molecular weight is 308 g/mol. The topological polar surface area (TPSA) is 108 Å². The lowest BCUT2D eigenvalue weighted by molar-refractivity contribution is -0.122. The molecule has 0 aliphatic carbocycles. The Hall–Kier alpha value is -2.57. The third kappa shape index (κ3) is 4.47. The Morgan fingerprint density at radius 1 is 1.09 bits per heavy atom. The monoisotopic (exact) mass is 308 g/mol. The van der Waals surface area contributed by atoms with Crippen molar-refractivity contribution in [2.45, 2.75) is 19.8 Å². The van der Waals surface area contributed by atoms with Gasteiger partial charge in [0.2, 0.25) is 0 Å². The molecule has 0 unspecified atom stereocenters. The number of anilines is 1. The van der Waals surface area contributed by atoms with E-state index in [9.17, 15) is 14.4 Å². The summed E-state index contributed by atoms with van der Waals surface area (Å²) in [6, 6.07) is 3.14. The summed E-state index contributed by atoms with van der Waals surface area (Å²) in [5.41, 5.74) is 6.13. The normalized spacial score (nSPS) is 9.95. The summed E-state index contributed by atoms with van der Waals surface area (Å²) in [6.07, 6.45) is 0.264. The van der Waals surface area contributed by atoms with Gasteiger partial charge in [-0.25, -0.2) is 0 Å². The number of benzene rings is 1. The van der Waals surface area contributed by atoms with Crippen LogP contribution in [0, 0.1) is 0 Å². The summed E-state index contributed by atoms with van der Waals surface area (Å²) in [5, 5.41) is 2.47. The van der Waals surface area contributed by atoms with Gasteiger partial charge < -0.3 is 25.3 Å². The maximum atomic E-state index is 12.2. The van der Waals surface area contributed by atoms with E-state index in [1.54, 1.807) is 12.1 Å². The highest BCUT2D eigenvalue weighted by Crippen LogP contribution is 2.32. The largest absolute Gasteiger partial charge is 0.496 e. The van der Waals surface area contributed by atoms with Crippen LogP contribution >= 0.6 is 0 Å². The first kappa shape index (κ1) is 17.5. The molecule has 1 rings (SSSR count). The number of amides is 1. The maximum Gasteiger partial charge on any atom is 0.257 e. The number of carbonyl (C=O) groups is 3. The van der Waals surface area contributed by atoms with Crippen LogP contribution < -0.4 is 20.5 Å². The van der Waals surface area contributed by atoms with Crippen LogP contribution in [0.15, 0.2) is 12.1 Å². The van der Waals surface area contributed by atoms with Crippen molar-refractivity contribution in [3.8, 4) is 11.5 Å². The highest BCUT2D eigenvalue weighted by molar-refractivity contribution is 6.04. The number of Topliss-reactive ketones (excluding diaryl/α,β-unsaturated/α-hetero) is 2. The number of nitrogen functional groups attached to an aromatic ring is 1. The fourth-order valence-corrected chi connectivity index (χ4v) is 1.83. The van der Waals surface area contributed by atoms with Gasteiger partial charge >= 0.3 is 0 Å². The first-order valence-electron chi connectivity index (χ1n) is 6.70. The number of nitrogens with one attached hydrogen (secondary N) is 1. The Morgan fingerprint density at radius 3 is 2.23 bits per heavy atom. The van der Waals surface area contributed by atoms with Crippen molar-refractivity contribution < 1.29 is 23.9 Å². The second-order valence-electron chi connectivity index (χ2n) is 4.68. The molecule has 22 heavy (non-hydrogen) atoms. The Bertz CT molecular complexity index is 584. The van der Waals surface area contributed by atoms with E-state index in [4.69, 9.17) is 15.2 Å². The minimum Gasteiger partial charge on any atom is -0.496 e. The molecule has 3 N–H and O–H groups in total. The lowest BCUT2D eigenvalue weighted by Gasteiger charge is -2.14. The molecule has 0 saturated heterocycles. The average Bonchev–Trinajstić information content (AvgIpc) is 2.49.